The Kier molecular flexibility index (Phi) is 3.37. The normalized spacial score (nSPS) is 12.7. The molecule has 2 aromatic rings. The highest BCUT2D eigenvalue weighted by molar-refractivity contribution is 5.60. The molecule has 0 bridgehead atoms. The Morgan fingerprint density at radius 1 is 1.24 bits per heavy atom. The Hall–Kier alpha value is -1.91. The zero-order valence-corrected chi connectivity index (χ0v) is 9.23. The quantitative estimate of drug-likeness (QED) is 0.887. The number of aromatic nitrogens is 1. The highest BCUT2D eigenvalue weighted by Crippen LogP contribution is 2.21. The minimum Gasteiger partial charge on any atom is -0.444 e. The number of nitrogens with one attached hydrogen (secondary N) is 1. The summed E-state index contributed by atoms with van der Waals surface area (Å²) in [4.78, 5) is 3.81. The van der Waals surface area contributed by atoms with Gasteiger partial charge >= 0.3 is 0 Å². The molecule has 90 valence electrons. The first-order valence-corrected chi connectivity index (χ1v) is 5.20. The van der Waals surface area contributed by atoms with Crippen molar-refractivity contribution in [2.24, 2.45) is 0 Å². The number of anilines is 1. The fourth-order valence-electron chi connectivity index (χ4n) is 1.41. The van der Waals surface area contributed by atoms with Gasteiger partial charge in [0.15, 0.2) is 12.2 Å². The minimum atomic E-state index is -2.39. The van der Waals surface area contributed by atoms with E-state index in [1.54, 1.807) is 30.5 Å². The van der Waals surface area contributed by atoms with E-state index in [0.29, 0.717) is 11.4 Å². The largest absolute Gasteiger partial charge is 0.444 e. The monoisotopic (exact) mass is 238 g/mol. The van der Waals surface area contributed by atoms with Crippen LogP contribution >= 0.6 is 0 Å². The van der Waals surface area contributed by atoms with Crippen LogP contribution in [0.15, 0.2) is 41.3 Å². The van der Waals surface area contributed by atoms with Crippen molar-refractivity contribution in [3.05, 3.63) is 36.9 Å². The number of hydrogen-bond acceptors (Lipinski definition) is 3. The highest BCUT2D eigenvalue weighted by atomic mass is 19.3. The van der Waals surface area contributed by atoms with Crippen molar-refractivity contribution < 1.29 is 13.2 Å². The molecular formula is C12H12F2N2O. The van der Waals surface area contributed by atoms with E-state index < -0.39 is 12.5 Å². The first-order chi connectivity index (χ1) is 8.16. The zero-order chi connectivity index (χ0) is 12.3. The third-order valence-electron chi connectivity index (χ3n) is 2.37. The standard InChI is InChI=1S/C12H12F2N2O/c1-8(12(13)14)16-10-4-2-9(3-5-10)11-6-15-7-17-11/h2-8,12,16H,1H3. The van der Waals surface area contributed by atoms with Gasteiger partial charge in [-0.2, -0.15) is 0 Å². The van der Waals surface area contributed by atoms with Crippen LogP contribution in [0.4, 0.5) is 14.5 Å². The van der Waals surface area contributed by atoms with E-state index in [0.717, 1.165) is 5.56 Å². The zero-order valence-electron chi connectivity index (χ0n) is 9.23. The molecule has 0 aliphatic rings. The fraction of sp³-hybridized carbons (Fsp3) is 0.250. The topological polar surface area (TPSA) is 38.1 Å². The molecule has 1 aromatic heterocycles. The molecule has 1 heterocycles. The Bertz CT molecular complexity index is 454. The van der Waals surface area contributed by atoms with Gasteiger partial charge in [0.1, 0.15) is 0 Å². The summed E-state index contributed by atoms with van der Waals surface area (Å²) in [6.07, 6.45) is 0.564. The van der Waals surface area contributed by atoms with Gasteiger partial charge in [-0.15, -0.1) is 0 Å². The summed E-state index contributed by atoms with van der Waals surface area (Å²) in [5.41, 5.74) is 1.51. The van der Waals surface area contributed by atoms with Gasteiger partial charge in [0.25, 0.3) is 6.43 Å². The van der Waals surface area contributed by atoms with Crippen LogP contribution in [0.2, 0.25) is 0 Å². The van der Waals surface area contributed by atoms with Crippen molar-refractivity contribution in [1.29, 1.82) is 0 Å². The van der Waals surface area contributed by atoms with Gasteiger partial charge in [0.2, 0.25) is 0 Å². The molecule has 0 aliphatic heterocycles. The fourth-order valence-corrected chi connectivity index (χ4v) is 1.41. The maximum atomic E-state index is 12.3. The lowest BCUT2D eigenvalue weighted by molar-refractivity contribution is 0.131. The van der Waals surface area contributed by atoms with Crippen molar-refractivity contribution >= 4 is 5.69 Å². The summed E-state index contributed by atoms with van der Waals surface area (Å²) in [5.74, 6) is 0.651. The number of benzene rings is 1. The SMILES string of the molecule is CC(Nc1ccc(-c2cnco2)cc1)C(F)F. The number of halogens is 2. The predicted molar refractivity (Wildman–Crippen MR) is 61.0 cm³/mol. The molecule has 1 atom stereocenters. The van der Waals surface area contributed by atoms with Crippen LogP contribution in [0.5, 0.6) is 0 Å². The first-order valence-electron chi connectivity index (χ1n) is 5.20. The van der Waals surface area contributed by atoms with Crippen LogP contribution in [-0.2, 0) is 0 Å². The molecule has 1 aromatic carbocycles. The highest BCUT2D eigenvalue weighted by Gasteiger charge is 2.13. The molecule has 0 fully saturated rings. The van der Waals surface area contributed by atoms with E-state index in [4.69, 9.17) is 4.42 Å². The molecule has 0 amide bonds. The third-order valence-corrected chi connectivity index (χ3v) is 2.37. The lowest BCUT2D eigenvalue weighted by Crippen LogP contribution is -2.23. The van der Waals surface area contributed by atoms with Crippen LogP contribution in [0.25, 0.3) is 11.3 Å². The summed E-state index contributed by atoms with van der Waals surface area (Å²) < 4.78 is 29.8. The van der Waals surface area contributed by atoms with E-state index in [9.17, 15) is 8.78 Å². The maximum absolute atomic E-state index is 12.3. The number of hydrogen-bond donors (Lipinski definition) is 1. The van der Waals surface area contributed by atoms with Gasteiger partial charge in [0.05, 0.1) is 12.2 Å². The van der Waals surface area contributed by atoms with Crippen molar-refractivity contribution in [3.63, 3.8) is 0 Å². The first kappa shape index (κ1) is 11.6. The van der Waals surface area contributed by atoms with E-state index in [2.05, 4.69) is 10.3 Å². The van der Waals surface area contributed by atoms with E-state index >= 15 is 0 Å². The van der Waals surface area contributed by atoms with Crippen LogP contribution in [0.3, 0.4) is 0 Å². The van der Waals surface area contributed by atoms with Crippen molar-refractivity contribution in [2.75, 3.05) is 5.32 Å². The third kappa shape index (κ3) is 2.81. The van der Waals surface area contributed by atoms with Gasteiger partial charge < -0.3 is 9.73 Å². The molecule has 0 spiro atoms. The van der Waals surface area contributed by atoms with E-state index in [1.807, 2.05) is 0 Å². The Balaban J connectivity index is 2.08. The lowest BCUT2D eigenvalue weighted by Gasteiger charge is -2.14. The molecule has 0 radical (unpaired) electrons. The van der Waals surface area contributed by atoms with Gasteiger partial charge in [-0.1, -0.05) is 0 Å². The molecule has 17 heavy (non-hydrogen) atoms. The van der Waals surface area contributed by atoms with Gasteiger partial charge in [-0.05, 0) is 31.2 Å². The number of nitrogens with zero attached hydrogens (tertiary/aromatic N) is 1. The molecule has 0 saturated heterocycles. The summed E-state index contributed by atoms with van der Waals surface area (Å²) in [7, 11) is 0. The summed E-state index contributed by atoms with van der Waals surface area (Å²) in [6.45, 7) is 1.44. The molecule has 2 rings (SSSR count). The van der Waals surface area contributed by atoms with Crippen LogP contribution < -0.4 is 5.32 Å². The summed E-state index contributed by atoms with van der Waals surface area (Å²) in [5, 5.41) is 2.72. The molecule has 3 nitrogen and oxygen atoms in total. The number of rotatable bonds is 4. The molecule has 1 N–H and O–H groups in total. The number of oxazole rings is 1. The number of alkyl halides is 2. The average Bonchev–Trinajstić information content (AvgIpc) is 2.83. The van der Waals surface area contributed by atoms with Gasteiger partial charge in [-0.25, -0.2) is 13.8 Å². The van der Waals surface area contributed by atoms with Crippen LogP contribution in [-0.4, -0.2) is 17.5 Å². The smallest absolute Gasteiger partial charge is 0.258 e. The van der Waals surface area contributed by atoms with Crippen molar-refractivity contribution in [2.45, 2.75) is 19.4 Å². The molecule has 0 aliphatic carbocycles. The Labute approximate surface area is 97.5 Å². The molecule has 0 saturated carbocycles. The van der Waals surface area contributed by atoms with Gasteiger partial charge in [0, 0.05) is 11.3 Å². The van der Waals surface area contributed by atoms with Crippen LogP contribution in [0, 0.1) is 0 Å². The van der Waals surface area contributed by atoms with Crippen molar-refractivity contribution in [3.8, 4) is 11.3 Å². The Morgan fingerprint density at radius 3 is 2.47 bits per heavy atom. The van der Waals surface area contributed by atoms with E-state index in [1.165, 1.54) is 13.3 Å². The lowest BCUT2D eigenvalue weighted by atomic mass is 10.1. The Morgan fingerprint density at radius 2 is 1.94 bits per heavy atom. The average molecular weight is 238 g/mol. The van der Waals surface area contributed by atoms with Crippen LogP contribution in [0.1, 0.15) is 6.92 Å². The predicted octanol–water partition coefficient (Wildman–Crippen LogP) is 3.41. The second kappa shape index (κ2) is 4.95. The van der Waals surface area contributed by atoms with E-state index in [-0.39, 0.29) is 0 Å². The second-order valence-corrected chi connectivity index (χ2v) is 3.71. The summed E-state index contributed by atoms with van der Waals surface area (Å²) >= 11 is 0. The molecule has 5 heteroatoms. The maximum Gasteiger partial charge on any atom is 0.258 e. The van der Waals surface area contributed by atoms with Gasteiger partial charge in [-0.3, -0.25) is 0 Å². The molecular weight excluding hydrogens is 226 g/mol. The molecule has 1 unspecified atom stereocenters. The minimum absolute atomic E-state index is 0.651. The van der Waals surface area contributed by atoms with Crippen molar-refractivity contribution in [1.82, 2.24) is 4.98 Å². The second-order valence-electron chi connectivity index (χ2n) is 3.71. The summed E-state index contributed by atoms with van der Waals surface area (Å²) in [6, 6.07) is 6.18.